The van der Waals surface area contributed by atoms with E-state index in [4.69, 9.17) is 4.74 Å². The highest BCUT2D eigenvalue weighted by atomic mass is 32.1. The number of carbonyl (C=O) groups is 1. The maximum atomic E-state index is 12.4. The van der Waals surface area contributed by atoms with Crippen LogP contribution in [0.2, 0.25) is 0 Å². The van der Waals surface area contributed by atoms with Gasteiger partial charge in [0.1, 0.15) is 5.75 Å². The fourth-order valence-electron chi connectivity index (χ4n) is 2.63. The minimum atomic E-state index is -0.0343. The van der Waals surface area contributed by atoms with Crippen molar-refractivity contribution in [2.75, 3.05) is 6.61 Å². The molecular formula is C17H20N2O2S. The quantitative estimate of drug-likeness (QED) is 0.943. The number of hydrogen-bond acceptors (Lipinski definition) is 4. The molecule has 0 saturated heterocycles. The van der Waals surface area contributed by atoms with Crippen LogP contribution in [0, 0.1) is 5.92 Å². The third kappa shape index (κ3) is 3.47. The third-order valence-corrected chi connectivity index (χ3v) is 4.92. The molecule has 1 aromatic carbocycles. The van der Waals surface area contributed by atoms with Crippen LogP contribution in [-0.2, 0) is 24.2 Å². The number of aryl methyl sites for hydroxylation is 1. The average molecular weight is 316 g/mol. The van der Waals surface area contributed by atoms with Crippen molar-refractivity contribution in [2.24, 2.45) is 5.92 Å². The van der Waals surface area contributed by atoms with Gasteiger partial charge in [-0.05, 0) is 30.9 Å². The monoisotopic (exact) mass is 316 g/mol. The van der Waals surface area contributed by atoms with Crippen LogP contribution in [0.1, 0.15) is 29.6 Å². The molecule has 0 radical (unpaired) electrons. The van der Waals surface area contributed by atoms with Gasteiger partial charge in [-0.1, -0.05) is 25.1 Å². The molecule has 1 aliphatic heterocycles. The largest absolute Gasteiger partial charge is 0.493 e. The average Bonchev–Trinajstić information content (AvgIpc) is 2.90. The first-order chi connectivity index (χ1) is 10.8. The lowest BCUT2D eigenvalue weighted by Crippen LogP contribution is -2.31. The second-order valence-corrected chi connectivity index (χ2v) is 6.39. The van der Waals surface area contributed by atoms with E-state index in [1.165, 1.54) is 0 Å². The van der Waals surface area contributed by atoms with Gasteiger partial charge < -0.3 is 10.1 Å². The van der Waals surface area contributed by atoms with Crippen LogP contribution < -0.4 is 10.1 Å². The van der Waals surface area contributed by atoms with Crippen LogP contribution in [0.4, 0.5) is 0 Å². The third-order valence-electron chi connectivity index (χ3n) is 3.88. The van der Waals surface area contributed by atoms with Crippen LogP contribution in [0.25, 0.3) is 0 Å². The molecule has 1 amide bonds. The molecule has 0 spiro atoms. The topological polar surface area (TPSA) is 51.2 Å². The number of para-hydroxylation sites is 1. The molecule has 1 N–H and O–H groups in total. The zero-order valence-corrected chi connectivity index (χ0v) is 13.5. The lowest BCUT2D eigenvalue weighted by molar-refractivity contribution is -0.125. The van der Waals surface area contributed by atoms with Crippen molar-refractivity contribution >= 4 is 17.2 Å². The normalized spacial score (nSPS) is 17.2. The highest BCUT2D eigenvalue weighted by Gasteiger charge is 2.23. The lowest BCUT2D eigenvalue weighted by Gasteiger charge is -2.13. The molecule has 2 aromatic rings. The van der Waals surface area contributed by atoms with E-state index in [-0.39, 0.29) is 11.8 Å². The molecule has 5 heteroatoms. The van der Waals surface area contributed by atoms with Gasteiger partial charge in [-0.3, -0.25) is 4.79 Å². The van der Waals surface area contributed by atoms with Crippen LogP contribution in [0.3, 0.4) is 0 Å². The van der Waals surface area contributed by atoms with Gasteiger partial charge in [0.05, 0.1) is 23.9 Å². The van der Waals surface area contributed by atoms with Crippen LogP contribution in [0.5, 0.6) is 5.75 Å². The Morgan fingerprint density at radius 1 is 1.45 bits per heavy atom. The van der Waals surface area contributed by atoms with Gasteiger partial charge in [0.2, 0.25) is 5.91 Å². The van der Waals surface area contributed by atoms with Crippen molar-refractivity contribution in [1.29, 1.82) is 0 Å². The van der Waals surface area contributed by atoms with Crippen molar-refractivity contribution in [2.45, 2.75) is 32.7 Å². The van der Waals surface area contributed by atoms with Gasteiger partial charge >= 0.3 is 0 Å². The van der Waals surface area contributed by atoms with Gasteiger partial charge in [0.15, 0.2) is 0 Å². The Morgan fingerprint density at radius 2 is 2.32 bits per heavy atom. The maximum Gasteiger partial charge on any atom is 0.223 e. The number of fused-ring (bicyclic) bond motifs is 1. The molecule has 1 atom stereocenters. The first-order valence-corrected chi connectivity index (χ1v) is 8.56. The number of amides is 1. The number of ether oxygens (including phenoxy) is 1. The number of rotatable bonds is 4. The summed E-state index contributed by atoms with van der Waals surface area (Å²) in [5.41, 5.74) is 2.06. The summed E-state index contributed by atoms with van der Waals surface area (Å²) < 4.78 is 5.72. The summed E-state index contributed by atoms with van der Waals surface area (Å²) in [5, 5.41) is 6.14. The number of hydrogen-bond donors (Lipinski definition) is 1. The van der Waals surface area contributed by atoms with Crippen LogP contribution in [-0.4, -0.2) is 17.5 Å². The Balaban J connectivity index is 1.60. The van der Waals surface area contributed by atoms with E-state index in [0.29, 0.717) is 13.2 Å². The second-order valence-electron chi connectivity index (χ2n) is 5.45. The number of nitrogens with one attached hydrogen (secondary N) is 1. The van der Waals surface area contributed by atoms with Crippen molar-refractivity contribution in [3.05, 3.63) is 45.9 Å². The van der Waals surface area contributed by atoms with Crippen LogP contribution >= 0.6 is 11.3 Å². The second kappa shape index (κ2) is 6.92. The summed E-state index contributed by atoms with van der Waals surface area (Å²) in [6.07, 6.45) is 2.42. The SMILES string of the molecule is CCc1nc(CNC(=O)[C@H]2CCOc3ccccc3C2)cs1. The molecule has 116 valence electrons. The van der Waals surface area contributed by atoms with E-state index in [0.717, 1.165) is 41.3 Å². The summed E-state index contributed by atoms with van der Waals surface area (Å²) in [6.45, 7) is 3.18. The maximum absolute atomic E-state index is 12.4. The minimum absolute atomic E-state index is 0.0343. The Bertz CT molecular complexity index is 654. The summed E-state index contributed by atoms with van der Waals surface area (Å²) in [4.78, 5) is 16.9. The fourth-order valence-corrected chi connectivity index (χ4v) is 3.37. The van der Waals surface area contributed by atoms with E-state index in [2.05, 4.69) is 17.2 Å². The molecular weight excluding hydrogens is 296 g/mol. The molecule has 0 aliphatic carbocycles. The van der Waals surface area contributed by atoms with Gasteiger partial charge in [0.25, 0.3) is 0 Å². The van der Waals surface area contributed by atoms with Gasteiger partial charge in [0, 0.05) is 11.3 Å². The highest BCUT2D eigenvalue weighted by Crippen LogP contribution is 2.26. The number of carbonyl (C=O) groups excluding carboxylic acids is 1. The molecule has 1 aromatic heterocycles. The zero-order chi connectivity index (χ0) is 15.4. The number of nitrogens with zero attached hydrogens (tertiary/aromatic N) is 1. The van der Waals surface area contributed by atoms with Crippen molar-refractivity contribution in [3.63, 3.8) is 0 Å². The molecule has 3 rings (SSSR count). The van der Waals surface area contributed by atoms with E-state index >= 15 is 0 Å². The Labute approximate surface area is 134 Å². The van der Waals surface area contributed by atoms with Gasteiger partial charge in [-0.15, -0.1) is 11.3 Å². The molecule has 4 nitrogen and oxygen atoms in total. The summed E-state index contributed by atoms with van der Waals surface area (Å²) in [7, 11) is 0. The summed E-state index contributed by atoms with van der Waals surface area (Å²) in [5.74, 6) is 0.962. The predicted octanol–water partition coefficient (Wildman–Crippen LogP) is 2.96. The molecule has 0 saturated carbocycles. The molecule has 2 heterocycles. The summed E-state index contributed by atoms with van der Waals surface area (Å²) >= 11 is 1.65. The Kier molecular flexibility index (Phi) is 4.73. The van der Waals surface area contributed by atoms with Crippen molar-refractivity contribution in [1.82, 2.24) is 10.3 Å². The van der Waals surface area contributed by atoms with Gasteiger partial charge in [-0.25, -0.2) is 4.98 Å². The van der Waals surface area contributed by atoms with Gasteiger partial charge in [-0.2, -0.15) is 0 Å². The molecule has 0 bridgehead atoms. The van der Waals surface area contributed by atoms with Crippen molar-refractivity contribution in [3.8, 4) is 5.75 Å². The van der Waals surface area contributed by atoms with Crippen LogP contribution in [0.15, 0.2) is 29.6 Å². The smallest absolute Gasteiger partial charge is 0.223 e. The molecule has 0 fully saturated rings. The minimum Gasteiger partial charge on any atom is -0.493 e. The summed E-state index contributed by atoms with van der Waals surface area (Å²) in [6, 6.07) is 7.96. The van der Waals surface area contributed by atoms with E-state index in [1.807, 2.05) is 29.6 Å². The standard InChI is InChI=1S/C17H20N2O2S/c1-2-16-19-14(11-22-16)10-18-17(20)13-7-8-21-15-6-4-3-5-12(15)9-13/h3-6,11,13H,2,7-10H2,1H3,(H,18,20)/t13-/m0/s1. The number of aromatic nitrogens is 1. The van der Waals surface area contributed by atoms with E-state index < -0.39 is 0 Å². The first kappa shape index (κ1) is 15.0. The van der Waals surface area contributed by atoms with Crippen molar-refractivity contribution < 1.29 is 9.53 Å². The first-order valence-electron chi connectivity index (χ1n) is 7.68. The molecule has 0 unspecified atom stereocenters. The molecule has 22 heavy (non-hydrogen) atoms. The predicted molar refractivity (Wildman–Crippen MR) is 87.1 cm³/mol. The Morgan fingerprint density at radius 3 is 3.14 bits per heavy atom. The van der Waals surface area contributed by atoms with E-state index in [9.17, 15) is 4.79 Å². The molecule has 1 aliphatic rings. The zero-order valence-electron chi connectivity index (χ0n) is 12.7. The highest BCUT2D eigenvalue weighted by molar-refractivity contribution is 7.09. The Hall–Kier alpha value is -1.88. The fraction of sp³-hybridized carbons (Fsp3) is 0.412. The van der Waals surface area contributed by atoms with E-state index in [1.54, 1.807) is 11.3 Å². The number of thiazole rings is 1. The number of benzene rings is 1. The lowest BCUT2D eigenvalue weighted by atomic mass is 9.96.